The number of carbonyl (C=O) groups excluding carboxylic acids is 1. The van der Waals surface area contributed by atoms with Gasteiger partial charge in [-0.1, -0.05) is 5.18 Å². The van der Waals surface area contributed by atoms with Crippen molar-refractivity contribution < 1.29 is 9.53 Å². The smallest absolute Gasteiger partial charge is 0.327 e. The first-order valence-electron chi connectivity index (χ1n) is 4.68. The number of fused-ring (bicyclic) bond motifs is 1. The molecule has 5 nitrogen and oxygen atoms in total. The molecule has 0 N–H and O–H groups in total. The SMILES string of the molecule is N#CC12CC3CC1C(OC2=O)C3N=O. The van der Waals surface area contributed by atoms with E-state index in [4.69, 9.17) is 10.00 Å². The largest absolute Gasteiger partial charge is 0.458 e. The summed E-state index contributed by atoms with van der Waals surface area (Å²) in [6.45, 7) is 0. The van der Waals surface area contributed by atoms with E-state index in [2.05, 4.69) is 11.2 Å². The molecule has 3 fully saturated rings. The van der Waals surface area contributed by atoms with Crippen molar-refractivity contribution in [3.8, 4) is 6.07 Å². The maximum Gasteiger partial charge on any atom is 0.327 e. The molecule has 3 rings (SSSR count). The molecule has 5 unspecified atom stereocenters. The van der Waals surface area contributed by atoms with Crippen LogP contribution in [0.5, 0.6) is 0 Å². The van der Waals surface area contributed by atoms with Crippen molar-refractivity contribution in [3.05, 3.63) is 4.91 Å². The molecule has 5 atom stereocenters. The lowest BCUT2D eigenvalue weighted by molar-refractivity contribution is -0.145. The molecular weight excluding hydrogens is 184 g/mol. The van der Waals surface area contributed by atoms with Gasteiger partial charge in [-0.05, 0) is 18.8 Å². The molecule has 0 aromatic carbocycles. The van der Waals surface area contributed by atoms with Gasteiger partial charge in [0.05, 0.1) is 6.07 Å². The molecule has 2 saturated carbocycles. The van der Waals surface area contributed by atoms with Crippen LogP contribution in [0.3, 0.4) is 0 Å². The van der Waals surface area contributed by atoms with Gasteiger partial charge in [-0.2, -0.15) is 10.2 Å². The molecule has 0 radical (unpaired) electrons. The Kier molecular flexibility index (Phi) is 1.21. The molecule has 1 saturated heterocycles. The summed E-state index contributed by atoms with van der Waals surface area (Å²) < 4.78 is 5.08. The Balaban J connectivity index is 2.09. The zero-order valence-corrected chi connectivity index (χ0v) is 7.34. The van der Waals surface area contributed by atoms with Crippen LogP contribution in [0.4, 0.5) is 0 Å². The van der Waals surface area contributed by atoms with Crippen LogP contribution in [0.2, 0.25) is 0 Å². The summed E-state index contributed by atoms with van der Waals surface area (Å²) in [5, 5.41) is 12.0. The average molecular weight is 192 g/mol. The van der Waals surface area contributed by atoms with Crippen molar-refractivity contribution in [1.29, 1.82) is 5.26 Å². The van der Waals surface area contributed by atoms with Gasteiger partial charge in [0.25, 0.3) is 0 Å². The second-order valence-corrected chi connectivity index (χ2v) is 4.36. The van der Waals surface area contributed by atoms with Gasteiger partial charge in [-0.3, -0.25) is 4.79 Å². The molecule has 1 aliphatic heterocycles. The van der Waals surface area contributed by atoms with E-state index in [1.807, 2.05) is 0 Å². The lowest BCUT2D eigenvalue weighted by Gasteiger charge is -2.22. The molecule has 2 bridgehead atoms. The van der Waals surface area contributed by atoms with Crippen LogP contribution in [0.25, 0.3) is 0 Å². The highest BCUT2D eigenvalue weighted by Gasteiger charge is 2.71. The number of hydrogen-bond donors (Lipinski definition) is 0. The molecule has 0 aromatic rings. The zero-order chi connectivity index (χ0) is 9.92. The second kappa shape index (κ2) is 2.14. The summed E-state index contributed by atoms with van der Waals surface area (Å²) in [6, 6.07) is 1.67. The van der Waals surface area contributed by atoms with Gasteiger partial charge in [-0.15, -0.1) is 0 Å². The van der Waals surface area contributed by atoms with Gasteiger partial charge in [0, 0.05) is 5.92 Å². The lowest BCUT2D eigenvalue weighted by Crippen LogP contribution is -2.36. The highest BCUT2D eigenvalue weighted by molar-refractivity contribution is 5.84. The van der Waals surface area contributed by atoms with Crippen molar-refractivity contribution in [2.75, 3.05) is 0 Å². The summed E-state index contributed by atoms with van der Waals surface area (Å²) in [6.07, 6.45) is 0.777. The number of nitriles is 1. The Labute approximate surface area is 80.0 Å². The van der Waals surface area contributed by atoms with Gasteiger partial charge in [-0.25, -0.2) is 0 Å². The van der Waals surface area contributed by atoms with E-state index < -0.39 is 23.5 Å². The fraction of sp³-hybridized carbons (Fsp3) is 0.778. The molecule has 5 heteroatoms. The van der Waals surface area contributed by atoms with E-state index in [0.29, 0.717) is 6.42 Å². The van der Waals surface area contributed by atoms with E-state index in [1.54, 1.807) is 0 Å². The lowest BCUT2D eigenvalue weighted by atomic mass is 9.74. The van der Waals surface area contributed by atoms with E-state index in [0.717, 1.165) is 6.42 Å². The second-order valence-electron chi connectivity index (χ2n) is 4.36. The Bertz CT molecular complexity index is 375. The molecule has 0 aromatic heterocycles. The van der Waals surface area contributed by atoms with Crippen LogP contribution in [-0.2, 0) is 9.53 Å². The Morgan fingerprint density at radius 3 is 3.07 bits per heavy atom. The van der Waals surface area contributed by atoms with Gasteiger partial charge in [0.2, 0.25) is 0 Å². The predicted molar refractivity (Wildman–Crippen MR) is 43.7 cm³/mol. The topological polar surface area (TPSA) is 79.5 Å². The van der Waals surface area contributed by atoms with E-state index in [1.165, 1.54) is 0 Å². The van der Waals surface area contributed by atoms with Gasteiger partial charge in [0.1, 0.15) is 12.1 Å². The van der Waals surface area contributed by atoms with Crippen LogP contribution in [-0.4, -0.2) is 18.1 Å². The minimum Gasteiger partial charge on any atom is -0.458 e. The fourth-order valence-corrected chi connectivity index (χ4v) is 3.29. The van der Waals surface area contributed by atoms with Gasteiger partial charge >= 0.3 is 5.97 Å². The minimum atomic E-state index is -0.948. The monoisotopic (exact) mass is 192 g/mol. The minimum absolute atomic E-state index is 0.0774. The first-order valence-corrected chi connectivity index (χ1v) is 4.68. The van der Waals surface area contributed by atoms with Gasteiger partial charge in [0.15, 0.2) is 5.41 Å². The van der Waals surface area contributed by atoms with E-state index >= 15 is 0 Å². The quantitative estimate of drug-likeness (QED) is 0.450. The Hall–Kier alpha value is -1.44. The van der Waals surface area contributed by atoms with Crippen LogP contribution in [0, 0.1) is 33.5 Å². The number of carbonyl (C=O) groups is 1. The Morgan fingerprint density at radius 1 is 1.64 bits per heavy atom. The highest BCUT2D eigenvalue weighted by atomic mass is 16.6. The molecule has 2 aliphatic carbocycles. The summed E-state index contributed by atoms with van der Waals surface area (Å²) in [4.78, 5) is 22.1. The molecule has 0 spiro atoms. The third kappa shape index (κ3) is 0.587. The number of hydrogen-bond acceptors (Lipinski definition) is 5. The van der Waals surface area contributed by atoms with E-state index in [-0.39, 0.29) is 11.8 Å². The van der Waals surface area contributed by atoms with Crippen molar-refractivity contribution in [2.24, 2.45) is 22.4 Å². The first kappa shape index (κ1) is 7.92. The molecule has 72 valence electrons. The van der Waals surface area contributed by atoms with Crippen molar-refractivity contribution in [2.45, 2.75) is 25.0 Å². The molecule has 14 heavy (non-hydrogen) atoms. The van der Waals surface area contributed by atoms with Crippen molar-refractivity contribution >= 4 is 5.97 Å². The number of ether oxygens (including phenoxy) is 1. The molecule has 3 aliphatic rings. The average Bonchev–Trinajstić information content (AvgIpc) is 2.75. The summed E-state index contributed by atoms with van der Waals surface area (Å²) in [5.41, 5.74) is -0.948. The van der Waals surface area contributed by atoms with E-state index in [9.17, 15) is 9.70 Å². The summed E-state index contributed by atoms with van der Waals surface area (Å²) in [7, 11) is 0. The highest BCUT2D eigenvalue weighted by Crippen LogP contribution is 2.62. The Morgan fingerprint density at radius 2 is 2.43 bits per heavy atom. The van der Waals surface area contributed by atoms with Crippen LogP contribution < -0.4 is 0 Å². The third-order valence-electron chi connectivity index (χ3n) is 3.92. The van der Waals surface area contributed by atoms with Crippen molar-refractivity contribution in [1.82, 2.24) is 0 Å². The molecular formula is C9H8N2O3. The predicted octanol–water partition coefficient (Wildman–Crippen LogP) is 0.597. The van der Waals surface area contributed by atoms with Gasteiger partial charge < -0.3 is 4.74 Å². The third-order valence-corrected chi connectivity index (χ3v) is 3.92. The number of rotatable bonds is 1. The number of esters is 1. The molecule has 1 heterocycles. The van der Waals surface area contributed by atoms with Crippen LogP contribution >= 0.6 is 0 Å². The van der Waals surface area contributed by atoms with Crippen LogP contribution in [0.1, 0.15) is 12.8 Å². The fourth-order valence-electron chi connectivity index (χ4n) is 3.29. The number of nitroso groups, excluding NO2 is 1. The zero-order valence-electron chi connectivity index (χ0n) is 7.34. The number of nitrogens with zero attached hydrogens (tertiary/aromatic N) is 2. The molecule has 0 amide bonds. The summed E-state index contributed by atoms with van der Waals surface area (Å²) >= 11 is 0. The first-order chi connectivity index (χ1) is 6.73. The van der Waals surface area contributed by atoms with Crippen molar-refractivity contribution in [3.63, 3.8) is 0 Å². The standard InChI is InChI=1S/C9H8N2O3/c10-3-9-2-4-1-5(9)7(6(4)11-13)14-8(9)12/h4-7H,1-2H2. The maximum absolute atomic E-state index is 11.5. The summed E-state index contributed by atoms with van der Waals surface area (Å²) in [5.74, 6) is -0.454. The maximum atomic E-state index is 11.5. The van der Waals surface area contributed by atoms with Crippen LogP contribution in [0.15, 0.2) is 5.18 Å². The normalized spacial score (nSPS) is 52.9.